The second kappa shape index (κ2) is 4.34. The van der Waals surface area contributed by atoms with Gasteiger partial charge in [0.25, 0.3) is 0 Å². The lowest BCUT2D eigenvalue weighted by atomic mass is 10.6. The molecule has 0 fully saturated rings. The molecular weight excluding hydrogens is 220 g/mol. The van der Waals surface area contributed by atoms with Crippen LogP contribution in [0.25, 0.3) is 0 Å². The van der Waals surface area contributed by atoms with Crippen molar-refractivity contribution < 1.29 is 0 Å². The van der Waals surface area contributed by atoms with Crippen LogP contribution in [0.15, 0.2) is 24.7 Å². The predicted molar refractivity (Wildman–Crippen MR) is 56.5 cm³/mol. The van der Waals surface area contributed by atoms with Gasteiger partial charge in [-0.3, -0.25) is 0 Å². The standard InChI is InChI=1S/C8H7ClN4S/c9-6-4-12-7(14-6)5-13-8-10-2-1-3-11-8/h1-4H,5H2,(H,10,11,13). The summed E-state index contributed by atoms with van der Waals surface area (Å²) < 4.78 is 0.691. The highest BCUT2D eigenvalue weighted by Gasteiger charge is 1.99. The Morgan fingerprint density at radius 2 is 2.07 bits per heavy atom. The Morgan fingerprint density at radius 3 is 2.71 bits per heavy atom. The Labute approximate surface area is 90.0 Å². The van der Waals surface area contributed by atoms with Gasteiger partial charge in [-0.05, 0) is 6.07 Å². The maximum Gasteiger partial charge on any atom is 0.222 e. The lowest BCUT2D eigenvalue weighted by Gasteiger charge is -1.99. The molecule has 1 N–H and O–H groups in total. The van der Waals surface area contributed by atoms with E-state index in [4.69, 9.17) is 11.6 Å². The van der Waals surface area contributed by atoms with Crippen molar-refractivity contribution in [3.05, 3.63) is 34.0 Å². The van der Waals surface area contributed by atoms with Crippen LogP contribution in [0.3, 0.4) is 0 Å². The van der Waals surface area contributed by atoms with E-state index >= 15 is 0 Å². The molecule has 0 aliphatic carbocycles. The summed E-state index contributed by atoms with van der Waals surface area (Å²) in [7, 11) is 0. The molecule has 2 rings (SSSR count). The van der Waals surface area contributed by atoms with Gasteiger partial charge in [0, 0.05) is 12.4 Å². The molecule has 0 unspecified atom stereocenters. The van der Waals surface area contributed by atoms with Crippen molar-refractivity contribution in [3.8, 4) is 0 Å². The topological polar surface area (TPSA) is 50.7 Å². The molecule has 0 atom stereocenters. The molecule has 6 heteroatoms. The predicted octanol–water partition coefficient (Wildman–Crippen LogP) is 2.20. The number of aromatic nitrogens is 3. The highest BCUT2D eigenvalue weighted by molar-refractivity contribution is 7.15. The molecule has 0 aliphatic rings. The maximum atomic E-state index is 5.74. The molecule has 2 aromatic heterocycles. The van der Waals surface area contributed by atoms with E-state index in [2.05, 4.69) is 20.3 Å². The summed E-state index contributed by atoms with van der Waals surface area (Å²) in [4.78, 5) is 12.1. The Balaban J connectivity index is 1.95. The largest absolute Gasteiger partial charge is 0.348 e. The summed E-state index contributed by atoms with van der Waals surface area (Å²) in [6.07, 6.45) is 5.00. The minimum atomic E-state index is 0.596. The fourth-order valence-corrected chi connectivity index (χ4v) is 1.81. The van der Waals surface area contributed by atoms with Crippen molar-refractivity contribution in [2.45, 2.75) is 6.54 Å². The molecule has 2 aromatic rings. The lowest BCUT2D eigenvalue weighted by Crippen LogP contribution is -2.02. The van der Waals surface area contributed by atoms with Crippen molar-refractivity contribution >= 4 is 28.9 Å². The van der Waals surface area contributed by atoms with E-state index < -0.39 is 0 Å². The minimum Gasteiger partial charge on any atom is -0.348 e. The van der Waals surface area contributed by atoms with Crippen LogP contribution in [0.2, 0.25) is 4.34 Å². The van der Waals surface area contributed by atoms with E-state index in [0.29, 0.717) is 16.8 Å². The van der Waals surface area contributed by atoms with Crippen LogP contribution < -0.4 is 5.32 Å². The molecule has 4 nitrogen and oxygen atoms in total. The van der Waals surface area contributed by atoms with E-state index in [-0.39, 0.29) is 0 Å². The maximum absolute atomic E-state index is 5.74. The summed E-state index contributed by atoms with van der Waals surface area (Å²) in [6.45, 7) is 0.599. The first kappa shape index (κ1) is 9.36. The highest BCUT2D eigenvalue weighted by Crippen LogP contribution is 2.18. The van der Waals surface area contributed by atoms with Gasteiger partial charge in [-0.1, -0.05) is 11.6 Å². The van der Waals surface area contributed by atoms with Gasteiger partial charge in [-0.25, -0.2) is 15.0 Å². The van der Waals surface area contributed by atoms with Gasteiger partial charge in [0.15, 0.2) is 0 Å². The number of hydrogen-bond acceptors (Lipinski definition) is 5. The van der Waals surface area contributed by atoms with E-state index in [1.165, 1.54) is 11.3 Å². The van der Waals surface area contributed by atoms with Crippen LogP contribution in [0.4, 0.5) is 5.95 Å². The molecule has 72 valence electrons. The van der Waals surface area contributed by atoms with Crippen LogP contribution in [0.1, 0.15) is 5.01 Å². The van der Waals surface area contributed by atoms with Crippen LogP contribution in [0, 0.1) is 0 Å². The summed E-state index contributed by atoms with van der Waals surface area (Å²) in [5, 5.41) is 3.96. The van der Waals surface area contributed by atoms with Gasteiger partial charge in [0.2, 0.25) is 5.95 Å². The third-order valence-corrected chi connectivity index (χ3v) is 2.60. The quantitative estimate of drug-likeness (QED) is 0.872. The number of nitrogens with zero attached hydrogens (tertiary/aromatic N) is 3. The van der Waals surface area contributed by atoms with Crippen molar-refractivity contribution in [2.75, 3.05) is 5.32 Å². The lowest BCUT2D eigenvalue weighted by molar-refractivity contribution is 1.04. The Hall–Kier alpha value is -1.20. The van der Waals surface area contributed by atoms with E-state index in [0.717, 1.165) is 5.01 Å². The van der Waals surface area contributed by atoms with Crippen molar-refractivity contribution in [2.24, 2.45) is 0 Å². The first-order valence-corrected chi connectivity index (χ1v) is 5.15. The van der Waals surface area contributed by atoms with Crippen LogP contribution >= 0.6 is 22.9 Å². The number of hydrogen-bond donors (Lipinski definition) is 1. The first-order chi connectivity index (χ1) is 6.84. The monoisotopic (exact) mass is 226 g/mol. The second-order valence-electron chi connectivity index (χ2n) is 2.48. The molecule has 0 radical (unpaired) electrons. The van der Waals surface area contributed by atoms with Gasteiger partial charge >= 0.3 is 0 Å². The second-order valence-corrected chi connectivity index (χ2v) is 4.23. The Bertz CT molecular complexity index is 403. The van der Waals surface area contributed by atoms with E-state index in [1.54, 1.807) is 24.7 Å². The molecule has 0 aromatic carbocycles. The highest BCUT2D eigenvalue weighted by atomic mass is 35.5. The zero-order chi connectivity index (χ0) is 9.80. The SMILES string of the molecule is Clc1cnc(CNc2ncccn2)s1. The van der Waals surface area contributed by atoms with Gasteiger partial charge < -0.3 is 5.32 Å². The molecular formula is C8H7ClN4S. The fraction of sp³-hybridized carbons (Fsp3) is 0.125. The van der Waals surface area contributed by atoms with Crippen molar-refractivity contribution in [3.63, 3.8) is 0 Å². The number of thiazole rings is 1. The summed E-state index contributed by atoms with van der Waals surface area (Å²) in [6, 6.07) is 1.77. The van der Waals surface area contributed by atoms with Crippen LogP contribution in [-0.4, -0.2) is 15.0 Å². The molecule has 0 saturated carbocycles. The first-order valence-electron chi connectivity index (χ1n) is 3.96. The van der Waals surface area contributed by atoms with Gasteiger partial charge in [0.1, 0.15) is 9.34 Å². The zero-order valence-electron chi connectivity index (χ0n) is 7.14. The molecule has 0 saturated heterocycles. The smallest absolute Gasteiger partial charge is 0.222 e. The molecule has 0 bridgehead atoms. The average Bonchev–Trinajstić information content (AvgIpc) is 2.63. The van der Waals surface area contributed by atoms with Gasteiger partial charge in [-0.15, -0.1) is 11.3 Å². The van der Waals surface area contributed by atoms with E-state index in [1.807, 2.05) is 0 Å². The fourth-order valence-electron chi connectivity index (χ4n) is 0.915. The number of rotatable bonds is 3. The molecule has 0 spiro atoms. The average molecular weight is 227 g/mol. The van der Waals surface area contributed by atoms with Crippen molar-refractivity contribution in [1.29, 1.82) is 0 Å². The Kier molecular flexibility index (Phi) is 2.90. The molecule has 0 amide bonds. The minimum absolute atomic E-state index is 0.596. The number of anilines is 1. The summed E-state index contributed by atoms with van der Waals surface area (Å²) >= 11 is 7.18. The zero-order valence-corrected chi connectivity index (χ0v) is 8.72. The van der Waals surface area contributed by atoms with Crippen LogP contribution in [0.5, 0.6) is 0 Å². The molecule has 14 heavy (non-hydrogen) atoms. The Morgan fingerprint density at radius 1 is 1.29 bits per heavy atom. The molecule has 2 heterocycles. The number of nitrogens with one attached hydrogen (secondary N) is 1. The number of halogens is 1. The summed E-state index contributed by atoms with van der Waals surface area (Å²) in [5.41, 5.74) is 0. The van der Waals surface area contributed by atoms with Gasteiger partial charge in [-0.2, -0.15) is 0 Å². The van der Waals surface area contributed by atoms with Crippen molar-refractivity contribution in [1.82, 2.24) is 15.0 Å². The van der Waals surface area contributed by atoms with Gasteiger partial charge in [0.05, 0.1) is 12.7 Å². The van der Waals surface area contributed by atoms with E-state index in [9.17, 15) is 0 Å². The third-order valence-electron chi connectivity index (χ3n) is 1.49. The summed E-state index contributed by atoms with van der Waals surface area (Å²) in [5.74, 6) is 0.596. The molecule has 0 aliphatic heterocycles. The third kappa shape index (κ3) is 2.40. The normalized spacial score (nSPS) is 10.1. The van der Waals surface area contributed by atoms with Crippen LogP contribution in [-0.2, 0) is 6.54 Å².